The van der Waals surface area contributed by atoms with E-state index >= 15 is 0 Å². The van der Waals surface area contributed by atoms with Crippen LogP contribution in [0.1, 0.15) is 12.5 Å². The van der Waals surface area contributed by atoms with E-state index < -0.39 is 5.97 Å². The summed E-state index contributed by atoms with van der Waals surface area (Å²) >= 11 is 5.53. The summed E-state index contributed by atoms with van der Waals surface area (Å²) in [6.07, 6.45) is 0. The van der Waals surface area contributed by atoms with Crippen molar-refractivity contribution in [3.8, 4) is 10.7 Å². The van der Waals surface area contributed by atoms with E-state index in [9.17, 15) is 4.79 Å². The van der Waals surface area contributed by atoms with E-state index in [0.29, 0.717) is 5.02 Å². The van der Waals surface area contributed by atoms with Crippen LogP contribution in [0.4, 0.5) is 0 Å². The van der Waals surface area contributed by atoms with Crippen molar-refractivity contribution in [1.29, 1.82) is 0 Å². The van der Waals surface area contributed by atoms with E-state index in [1.54, 1.807) is 19.1 Å². The zero-order valence-electron chi connectivity index (χ0n) is 8.03. The fourth-order valence-corrected chi connectivity index (χ4v) is 1.84. The van der Waals surface area contributed by atoms with Crippen LogP contribution in [-0.2, 0) is 4.79 Å². The van der Waals surface area contributed by atoms with E-state index in [2.05, 4.69) is 10.7 Å². The Bertz CT molecular complexity index is 403. The van der Waals surface area contributed by atoms with Gasteiger partial charge in [0.05, 0.1) is 0 Å². The number of carboxylic acids is 1. The summed E-state index contributed by atoms with van der Waals surface area (Å²) in [5.41, 5.74) is 0.860. The summed E-state index contributed by atoms with van der Waals surface area (Å²) in [4.78, 5) is 13.0. The molecule has 0 amide bonds. The molecule has 0 heterocycles. The second-order valence-electron chi connectivity index (χ2n) is 2.83. The van der Waals surface area contributed by atoms with Gasteiger partial charge in [-0.05, 0) is 0 Å². The number of rotatable bonds is 2. The Balaban J connectivity index is 2.59. The maximum absolute atomic E-state index is 10.5. The Morgan fingerprint density at radius 1 is 1.47 bits per heavy atom. The molecule has 0 radical (unpaired) electrons. The van der Waals surface area contributed by atoms with Crippen molar-refractivity contribution in [3.63, 3.8) is 0 Å². The summed E-state index contributed by atoms with van der Waals surface area (Å²) in [7, 11) is 0. The molecule has 0 saturated heterocycles. The van der Waals surface area contributed by atoms with Gasteiger partial charge in [-0.25, -0.2) is 0 Å². The molecule has 1 aromatic rings. The molecule has 1 rings (SSSR count). The average Bonchev–Trinajstić information content (AvgIpc) is 2.20. The van der Waals surface area contributed by atoms with Crippen molar-refractivity contribution in [2.24, 2.45) is 0 Å². The van der Waals surface area contributed by atoms with Crippen LogP contribution in [0.5, 0.6) is 0 Å². The molecule has 0 bridgehead atoms. The number of carboxylic acid groups (broad SMARTS) is 1. The number of hydrogen-bond acceptors (Lipinski definition) is 1. The third kappa shape index (κ3) is 4.40. The van der Waals surface area contributed by atoms with E-state index in [0.717, 1.165) is 5.56 Å². The topological polar surface area (TPSA) is 37.3 Å². The van der Waals surface area contributed by atoms with Crippen LogP contribution in [0.2, 0.25) is 9.84 Å². The van der Waals surface area contributed by atoms with Gasteiger partial charge in [0.2, 0.25) is 0 Å². The summed E-state index contributed by atoms with van der Waals surface area (Å²) in [5.74, 6) is 2.12. The van der Waals surface area contributed by atoms with Crippen LogP contribution in [0, 0.1) is 10.7 Å². The molecule has 1 atom stereocenters. The maximum atomic E-state index is 10.5. The number of hydrogen-bond donors (Lipinski definition) is 1. The number of carbonyl (C=O) groups is 1. The predicted molar refractivity (Wildman–Crippen MR) is 61.1 cm³/mol. The minimum atomic E-state index is -0.791. The standard InChI is InChI=1S/C11H9ClO2Se/c1-8(11(13)14)15-7-6-9-2-4-10(12)5-3-9/h2-5,8H,1H3,(H,13,14). The van der Waals surface area contributed by atoms with E-state index in [4.69, 9.17) is 16.7 Å². The molecule has 0 aliphatic rings. The number of halogens is 1. The van der Waals surface area contributed by atoms with Gasteiger partial charge in [0.15, 0.2) is 0 Å². The molecule has 1 aromatic carbocycles. The molecule has 0 saturated carbocycles. The van der Waals surface area contributed by atoms with Crippen LogP contribution in [0.15, 0.2) is 24.3 Å². The molecular weight excluding hydrogens is 279 g/mol. The van der Waals surface area contributed by atoms with Crippen molar-refractivity contribution in [2.45, 2.75) is 11.7 Å². The first-order chi connectivity index (χ1) is 7.09. The van der Waals surface area contributed by atoms with Crippen molar-refractivity contribution < 1.29 is 9.90 Å². The zero-order chi connectivity index (χ0) is 11.3. The van der Waals surface area contributed by atoms with Gasteiger partial charge >= 0.3 is 99.8 Å². The second-order valence-corrected chi connectivity index (χ2v) is 5.68. The second kappa shape index (κ2) is 5.82. The third-order valence-electron chi connectivity index (χ3n) is 1.62. The van der Waals surface area contributed by atoms with Crippen LogP contribution < -0.4 is 0 Å². The molecule has 2 nitrogen and oxygen atoms in total. The van der Waals surface area contributed by atoms with Crippen LogP contribution in [0.25, 0.3) is 0 Å². The monoisotopic (exact) mass is 288 g/mol. The molecule has 0 spiro atoms. The Hall–Kier alpha value is -0.941. The first-order valence-electron chi connectivity index (χ1n) is 4.24. The molecule has 1 N–H and O–H groups in total. The molecule has 0 aromatic heterocycles. The molecule has 15 heavy (non-hydrogen) atoms. The quantitative estimate of drug-likeness (QED) is 0.669. The summed E-state index contributed by atoms with van der Waals surface area (Å²) in [6, 6.07) is 7.16. The van der Waals surface area contributed by atoms with Gasteiger partial charge < -0.3 is 0 Å². The summed E-state index contributed by atoms with van der Waals surface area (Å²) in [6.45, 7) is 1.67. The first-order valence-corrected chi connectivity index (χ1v) is 6.47. The van der Waals surface area contributed by atoms with Gasteiger partial charge in [0, 0.05) is 0 Å². The van der Waals surface area contributed by atoms with Gasteiger partial charge in [0.25, 0.3) is 0 Å². The molecule has 4 heteroatoms. The van der Waals surface area contributed by atoms with Gasteiger partial charge in [-0.15, -0.1) is 0 Å². The Morgan fingerprint density at radius 3 is 2.60 bits per heavy atom. The van der Waals surface area contributed by atoms with Crippen LogP contribution in [0.3, 0.4) is 0 Å². The average molecular weight is 288 g/mol. The normalized spacial score (nSPS) is 11.3. The van der Waals surface area contributed by atoms with Gasteiger partial charge in [-0.1, -0.05) is 0 Å². The van der Waals surface area contributed by atoms with Crippen LogP contribution >= 0.6 is 11.6 Å². The third-order valence-corrected chi connectivity index (χ3v) is 3.50. The van der Waals surface area contributed by atoms with Gasteiger partial charge in [0.1, 0.15) is 0 Å². The van der Waals surface area contributed by atoms with Gasteiger partial charge in [-0.2, -0.15) is 0 Å². The van der Waals surface area contributed by atoms with E-state index in [-0.39, 0.29) is 19.8 Å². The summed E-state index contributed by atoms with van der Waals surface area (Å²) in [5, 5.41) is 9.32. The molecular formula is C11H9ClO2Se. The van der Waals surface area contributed by atoms with Gasteiger partial charge in [-0.3, -0.25) is 0 Å². The Kier molecular flexibility index (Phi) is 4.71. The minimum absolute atomic E-state index is 0.189. The Morgan fingerprint density at radius 2 is 2.07 bits per heavy atom. The zero-order valence-corrected chi connectivity index (χ0v) is 10.5. The molecule has 78 valence electrons. The van der Waals surface area contributed by atoms with Crippen molar-refractivity contribution >= 4 is 32.5 Å². The van der Waals surface area contributed by atoms with E-state index in [1.165, 1.54) is 0 Å². The molecule has 1 unspecified atom stereocenters. The van der Waals surface area contributed by atoms with Crippen molar-refractivity contribution in [3.05, 3.63) is 34.9 Å². The fourth-order valence-electron chi connectivity index (χ4n) is 0.760. The SMILES string of the molecule is CC([Se]C#Cc1ccc(Cl)cc1)C(=O)O. The molecule has 0 aliphatic heterocycles. The molecule has 0 aliphatic carbocycles. The van der Waals surface area contributed by atoms with E-state index in [1.807, 2.05) is 12.1 Å². The van der Waals surface area contributed by atoms with Crippen molar-refractivity contribution in [2.75, 3.05) is 0 Å². The first kappa shape index (κ1) is 12.1. The number of benzene rings is 1. The summed E-state index contributed by atoms with van der Waals surface area (Å²) < 4.78 is 0. The fraction of sp³-hybridized carbons (Fsp3) is 0.182. The molecule has 0 fully saturated rings. The van der Waals surface area contributed by atoms with Crippen LogP contribution in [-0.4, -0.2) is 26.0 Å². The van der Waals surface area contributed by atoms with Crippen molar-refractivity contribution in [1.82, 2.24) is 0 Å². The Labute approximate surface area is 99.8 Å². The predicted octanol–water partition coefficient (Wildman–Crippen LogP) is 2.25. The number of aliphatic carboxylic acids is 1.